The average molecular weight is 361 g/mol. The summed E-state index contributed by atoms with van der Waals surface area (Å²) in [6, 6.07) is 10.2. The molecule has 1 N–H and O–H groups in total. The Kier molecular flexibility index (Phi) is 5.28. The van der Waals surface area contributed by atoms with Crippen LogP contribution in [0.1, 0.15) is 23.4 Å². The van der Waals surface area contributed by atoms with Crippen molar-refractivity contribution >= 4 is 38.9 Å². The third kappa shape index (κ3) is 3.96. The zero-order valence-electron chi connectivity index (χ0n) is 10.7. The minimum atomic E-state index is 0.278. The molecular formula is C14H15BrClNOS. The van der Waals surface area contributed by atoms with E-state index in [1.54, 1.807) is 11.3 Å². The molecule has 0 bridgehead atoms. The van der Waals surface area contributed by atoms with Crippen LogP contribution in [0.4, 0.5) is 0 Å². The number of hydrogen-bond acceptors (Lipinski definition) is 3. The van der Waals surface area contributed by atoms with Crippen LogP contribution in [0.2, 0.25) is 5.02 Å². The van der Waals surface area contributed by atoms with Crippen molar-refractivity contribution in [3.63, 3.8) is 0 Å². The maximum Gasteiger partial charge on any atom is 0.138 e. The van der Waals surface area contributed by atoms with E-state index in [1.165, 1.54) is 0 Å². The average Bonchev–Trinajstić information content (AvgIpc) is 2.82. The molecule has 0 saturated heterocycles. The molecule has 102 valence electrons. The van der Waals surface area contributed by atoms with E-state index in [-0.39, 0.29) is 6.04 Å². The smallest absolute Gasteiger partial charge is 0.138 e. The summed E-state index contributed by atoms with van der Waals surface area (Å²) in [5, 5.41) is 3.83. The maximum atomic E-state index is 6.24. The molecule has 0 aliphatic carbocycles. The molecule has 0 amide bonds. The van der Waals surface area contributed by atoms with Crippen LogP contribution in [0.15, 0.2) is 34.1 Å². The summed E-state index contributed by atoms with van der Waals surface area (Å²) in [5.74, 6) is 0.721. The standard InChI is InChI=1S/C14H15BrClNOS/c1-9(17-2)10-3-5-13(12(16)7-10)18-8-11-4-6-14(15)19-11/h3-7,9,17H,8H2,1-2H3. The molecule has 1 unspecified atom stereocenters. The summed E-state index contributed by atoms with van der Waals surface area (Å²) in [4.78, 5) is 1.16. The topological polar surface area (TPSA) is 21.3 Å². The lowest BCUT2D eigenvalue weighted by Crippen LogP contribution is -2.12. The van der Waals surface area contributed by atoms with Crippen LogP contribution in [0.3, 0.4) is 0 Å². The van der Waals surface area contributed by atoms with E-state index in [0.717, 1.165) is 20.0 Å². The normalized spacial score (nSPS) is 12.4. The Labute approximate surface area is 130 Å². The SMILES string of the molecule is CNC(C)c1ccc(OCc2ccc(Br)s2)c(Cl)c1. The summed E-state index contributed by atoms with van der Waals surface area (Å²) in [7, 11) is 1.93. The van der Waals surface area contributed by atoms with Gasteiger partial charge in [0.2, 0.25) is 0 Å². The first-order valence-electron chi connectivity index (χ1n) is 5.94. The third-order valence-corrected chi connectivity index (χ3v) is 4.78. The Hall–Kier alpha value is -0.550. The Morgan fingerprint density at radius 2 is 2.16 bits per heavy atom. The van der Waals surface area contributed by atoms with E-state index in [1.807, 2.05) is 37.4 Å². The quantitative estimate of drug-likeness (QED) is 0.808. The van der Waals surface area contributed by atoms with Gasteiger partial charge in [0.25, 0.3) is 0 Å². The molecule has 0 spiro atoms. The van der Waals surface area contributed by atoms with E-state index in [9.17, 15) is 0 Å². The molecule has 19 heavy (non-hydrogen) atoms. The molecule has 1 aromatic carbocycles. The van der Waals surface area contributed by atoms with Crippen LogP contribution in [0.25, 0.3) is 0 Å². The number of thiophene rings is 1. The van der Waals surface area contributed by atoms with Crippen molar-refractivity contribution in [1.82, 2.24) is 5.32 Å². The molecular weight excluding hydrogens is 346 g/mol. The fraction of sp³-hybridized carbons (Fsp3) is 0.286. The van der Waals surface area contributed by atoms with E-state index < -0.39 is 0 Å². The number of rotatable bonds is 5. The largest absolute Gasteiger partial charge is 0.487 e. The van der Waals surface area contributed by atoms with Gasteiger partial charge in [0.05, 0.1) is 8.81 Å². The number of halogens is 2. The van der Waals surface area contributed by atoms with Crippen molar-refractivity contribution in [1.29, 1.82) is 0 Å². The highest BCUT2D eigenvalue weighted by Gasteiger charge is 2.08. The molecule has 2 nitrogen and oxygen atoms in total. The van der Waals surface area contributed by atoms with Gasteiger partial charge in [-0.3, -0.25) is 0 Å². The van der Waals surface area contributed by atoms with Crippen molar-refractivity contribution in [3.05, 3.63) is 49.6 Å². The lowest BCUT2D eigenvalue weighted by Gasteiger charge is -2.13. The molecule has 1 heterocycles. The first-order valence-corrected chi connectivity index (χ1v) is 7.92. The van der Waals surface area contributed by atoms with Crippen molar-refractivity contribution in [3.8, 4) is 5.75 Å². The number of hydrogen-bond donors (Lipinski definition) is 1. The minimum Gasteiger partial charge on any atom is -0.487 e. The van der Waals surface area contributed by atoms with Crippen molar-refractivity contribution in [2.45, 2.75) is 19.6 Å². The van der Waals surface area contributed by atoms with E-state index in [0.29, 0.717) is 11.6 Å². The Morgan fingerprint density at radius 3 is 2.74 bits per heavy atom. The third-order valence-electron chi connectivity index (χ3n) is 2.89. The number of benzene rings is 1. The van der Waals surface area contributed by atoms with Crippen LogP contribution in [-0.4, -0.2) is 7.05 Å². The molecule has 1 atom stereocenters. The summed E-state index contributed by atoms with van der Waals surface area (Å²) < 4.78 is 6.85. The van der Waals surface area contributed by atoms with Gasteiger partial charge in [0.15, 0.2) is 0 Å². The van der Waals surface area contributed by atoms with Gasteiger partial charge in [-0.25, -0.2) is 0 Å². The molecule has 2 rings (SSSR count). The fourth-order valence-electron chi connectivity index (χ4n) is 1.65. The first-order chi connectivity index (χ1) is 9.10. The van der Waals surface area contributed by atoms with Gasteiger partial charge < -0.3 is 10.1 Å². The predicted octanol–water partition coefficient (Wildman–Crippen LogP) is 5.02. The highest BCUT2D eigenvalue weighted by molar-refractivity contribution is 9.11. The van der Waals surface area contributed by atoms with E-state index in [2.05, 4.69) is 28.2 Å². The summed E-state index contributed by atoms with van der Waals surface area (Å²) in [6.07, 6.45) is 0. The van der Waals surface area contributed by atoms with Crippen molar-refractivity contribution in [2.75, 3.05) is 7.05 Å². The molecule has 2 aromatic rings. The van der Waals surface area contributed by atoms with Crippen molar-refractivity contribution < 1.29 is 4.74 Å². The van der Waals surface area contributed by atoms with Gasteiger partial charge in [-0.1, -0.05) is 17.7 Å². The number of nitrogens with one attached hydrogen (secondary N) is 1. The molecule has 0 aliphatic rings. The minimum absolute atomic E-state index is 0.278. The van der Waals surface area contributed by atoms with Crippen LogP contribution in [-0.2, 0) is 6.61 Å². The van der Waals surface area contributed by atoms with Crippen LogP contribution >= 0.6 is 38.9 Å². The van der Waals surface area contributed by atoms with Gasteiger partial charge in [-0.15, -0.1) is 11.3 Å². The van der Waals surface area contributed by atoms with E-state index in [4.69, 9.17) is 16.3 Å². The zero-order chi connectivity index (χ0) is 13.8. The highest BCUT2D eigenvalue weighted by Crippen LogP contribution is 2.29. The second kappa shape index (κ2) is 6.75. The monoisotopic (exact) mass is 359 g/mol. The summed E-state index contributed by atoms with van der Waals surface area (Å²) >= 11 is 11.3. The second-order valence-electron chi connectivity index (χ2n) is 4.19. The molecule has 0 aliphatic heterocycles. The fourth-order valence-corrected chi connectivity index (χ4v) is 3.29. The maximum absolute atomic E-state index is 6.24. The lowest BCUT2D eigenvalue weighted by molar-refractivity contribution is 0.310. The zero-order valence-corrected chi connectivity index (χ0v) is 13.9. The lowest BCUT2D eigenvalue weighted by atomic mass is 10.1. The van der Waals surface area contributed by atoms with Gasteiger partial charge in [-0.2, -0.15) is 0 Å². The first kappa shape index (κ1) is 14.9. The van der Waals surface area contributed by atoms with Crippen LogP contribution in [0, 0.1) is 0 Å². The Morgan fingerprint density at radius 1 is 1.37 bits per heavy atom. The molecule has 5 heteroatoms. The Balaban J connectivity index is 2.05. The van der Waals surface area contributed by atoms with Crippen LogP contribution < -0.4 is 10.1 Å². The second-order valence-corrected chi connectivity index (χ2v) is 7.15. The van der Waals surface area contributed by atoms with Gasteiger partial charge in [0.1, 0.15) is 12.4 Å². The summed E-state index contributed by atoms with van der Waals surface area (Å²) in [5.41, 5.74) is 1.15. The van der Waals surface area contributed by atoms with Gasteiger partial charge >= 0.3 is 0 Å². The number of ether oxygens (including phenoxy) is 1. The van der Waals surface area contributed by atoms with E-state index >= 15 is 0 Å². The predicted molar refractivity (Wildman–Crippen MR) is 85.3 cm³/mol. The highest BCUT2D eigenvalue weighted by atomic mass is 79.9. The Bertz CT molecular complexity index is 558. The van der Waals surface area contributed by atoms with Crippen molar-refractivity contribution in [2.24, 2.45) is 0 Å². The molecule has 1 aromatic heterocycles. The summed E-state index contributed by atoms with van der Waals surface area (Å²) in [6.45, 7) is 2.63. The van der Waals surface area contributed by atoms with Crippen LogP contribution in [0.5, 0.6) is 5.75 Å². The molecule has 0 fully saturated rings. The molecule has 0 saturated carbocycles. The molecule has 0 radical (unpaired) electrons. The van der Waals surface area contributed by atoms with Gasteiger partial charge in [-0.05, 0) is 59.7 Å². The van der Waals surface area contributed by atoms with Gasteiger partial charge in [0, 0.05) is 10.9 Å².